The highest BCUT2D eigenvalue weighted by Gasteiger charge is 1.57. The fraction of sp³-hybridized carbons (Fsp3) is 0. The van der Waals surface area contributed by atoms with Gasteiger partial charge in [-0.05, 0) is 0 Å². The summed E-state index contributed by atoms with van der Waals surface area (Å²) in [6.45, 7) is 0. The molecule has 0 saturated carbocycles. The third-order valence-electron chi connectivity index (χ3n) is 0.667. The number of hydrogen-bond acceptors (Lipinski definition) is 0. The zero-order chi connectivity index (χ0) is 4.24. The van der Waals surface area contributed by atoms with Gasteiger partial charge in [-0.15, -0.1) is 0 Å². The number of benzene rings is 1. The third kappa shape index (κ3) is 0.582. The van der Waals surface area contributed by atoms with Gasteiger partial charge in [0.15, 0.2) is 0 Å². The van der Waals surface area contributed by atoms with Crippen LogP contribution >= 0.6 is 0 Å². The first kappa shape index (κ1) is 3.41. The molecule has 0 radical (unpaired) electrons. The van der Waals surface area contributed by atoms with Crippen molar-refractivity contribution in [2.45, 2.75) is 0 Å². The minimum atomic E-state index is 0. The van der Waals surface area contributed by atoms with E-state index in [2.05, 4.69) is 0 Å². The van der Waals surface area contributed by atoms with Gasteiger partial charge in [0, 0.05) is 5.71 Å². The predicted molar refractivity (Wildman–Crippen MR) is 34.9 cm³/mol. The smallest absolute Gasteiger partial charge is 0 e. The first-order valence-electron chi connectivity index (χ1n) is 2.00. The maximum atomic E-state index is 2.00. The Labute approximate surface area is 43.4 Å². The van der Waals surface area contributed by atoms with Crippen molar-refractivity contribution in [1.29, 1.82) is 0 Å². The Morgan fingerprint density at radius 1 is 0.500 bits per heavy atom. The predicted octanol–water partition coefficient (Wildman–Crippen LogP) is 2.67. The van der Waals surface area contributed by atoms with Crippen molar-refractivity contribution in [3.8, 4) is 0 Å². The van der Waals surface area contributed by atoms with E-state index in [1.54, 1.807) is 0 Å². The van der Waals surface area contributed by atoms with Crippen LogP contribution < -0.4 is 0 Å². The van der Waals surface area contributed by atoms with E-state index >= 15 is 0 Å². The molecule has 0 fully saturated rings. The molecular weight excluding hydrogens is 72.1 g/mol. The van der Waals surface area contributed by atoms with Crippen molar-refractivity contribution in [3.05, 3.63) is 36.4 Å². The fourth-order valence-electron chi connectivity index (χ4n) is 0.385. The minimum absolute atomic E-state index is 0. The number of rotatable bonds is 0. The van der Waals surface area contributed by atoms with Crippen LogP contribution in [0.3, 0.4) is 0 Å². The molecule has 0 aromatic heterocycles. The van der Waals surface area contributed by atoms with Crippen LogP contribution in [-0.4, -0.2) is 0 Å². The molecule has 0 aliphatic heterocycles. The fourth-order valence-corrected chi connectivity index (χ4v) is 0.385. The van der Waals surface area contributed by atoms with Crippen LogP contribution in [0.5, 0.6) is 0 Å². The van der Waals surface area contributed by atoms with Crippen molar-refractivity contribution in [1.82, 2.24) is 0 Å². The third-order valence-corrected chi connectivity index (χ3v) is 0.667. The second-order valence-electron chi connectivity index (χ2n) is 1.15. The molecule has 0 amide bonds. The van der Waals surface area contributed by atoms with Crippen LogP contribution in [0, 0.1) is 0 Å². The average molecular weight is 86.2 g/mol. The molecule has 0 aliphatic rings. The Kier molecular flexibility index (Phi) is 0.913. The summed E-state index contributed by atoms with van der Waals surface area (Å²) in [5.41, 5.74) is 0. The second kappa shape index (κ2) is 1.61. The SMILES string of the molecule is [HH].[HH].[HH].[HH].c1ccccc1. The maximum Gasteiger partial charge on any atom is 0 e. The normalized spacial score (nSPS) is 8.00. The van der Waals surface area contributed by atoms with Gasteiger partial charge in [-0.3, -0.25) is 0 Å². The van der Waals surface area contributed by atoms with Gasteiger partial charge in [0.1, 0.15) is 0 Å². The van der Waals surface area contributed by atoms with Gasteiger partial charge in [-0.1, -0.05) is 36.4 Å². The molecular formula is C6H14. The molecule has 0 bridgehead atoms. The van der Waals surface area contributed by atoms with Gasteiger partial charge in [0.25, 0.3) is 0 Å². The lowest BCUT2D eigenvalue weighted by atomic mass is 10.4. The molecule has 1 rings (SSSR count). The molecule has 38 valence electrons. The van der Waals surface area contributed by atoms with Gasteiger partial charge in [0.05, 0.1) is 0 Å². The van der Waals surface area contributed by atoms with Crippen LogP contribution in [0.25, 0.3) is 0 Å². The quantitative estimate of drug-likeness (QED) is 0.455. The van der Waals surface area contributed by atoms with Gasteiger partial charge in [-0.2, -0.15) is 0 Å². The van der Waals surface area contributed by atoms with Crippen molar-refractivity contribution in [3.63, 3.8) is 0 Å². The molecule has 0 saturated heterocycles. The molecule has 6 heavy (non-hydrogen) atoms. The Bertz CT molecular complexity index is 81.7. The molecule has 0 unspecified atom stereocenters. The molecule has 1 aromatic carbocycles. The van der Waals surface area contributed by atoms with Gasteiger partial charge in [-0.25, -0.2) is 0 Å². The van der Waals surface area contributed by atoms with Crippen LogP contribution in [0.2, 0.25) is 0 Å². The molecule has 1 aromatic rings. The van der Waals surface area contributed by atoms with E-state index in [1.165, 1.54) is 0 Å². The summed E-state index contributed by atoms with van der Waals surface area (Å²) in [7, 11) is 0. The maximum absolute atomic E-state index is 2.00. The summed E-state index contributed by atoms with van der Waals surface area (Å²) in [6, 6.07) is 12.0. The van der Waals surface area contributed by atoms with Crippen molar-refractivity contribution in [2.75, 3.05) is 0 Å². The number of hydrogen-bond donors (Lipinski definition) is 0. The van der Waals surface area contributed by atoms with E-state index in [4.69, 9.17) is 0 Å². The molecule has 0 atom stereocenters. The molecule has 0 heteroatoms. The summed E-state index contributed by atoms with van der Waals surface area (Å²) < 4.78 is 0. The van der Waals surface area contributed by atoms with Gasteiger partial charge >= 0.3 is 0 Å². The Balaban J connectivity index is -0.0000000450. The van der Waals surface area contributed by atoms with Crippen molar-refractivity contribution >= 4 is 0 Å². The van der Waals surface area contributed by atoms with Crippen LogP contribution in [0.15, 0.2) is 36.4 Å². The van der Waals surface area contributed by atoms with Crippen LogP contribution in [0.4, 0.5) is 0 Å². The van der Waals surface area contributed by atoms with E-state index in [0.717, 1.165) is 0 Å². The molecule has 0 aliphatic carbocycles. The van der Waals surface area contributed by atoms with Gasteiger partial charge in [0.2, 0.25) is 0 Å². The first-order valence-corrected chi connectivity index (χ1v) is 2.00. The minimum Gasteiger partial charge on any atom is -0.0623 e. The zero-order valence-electron chi connectivity index (χ0n) is 3.46. The van der Waals surface area contributed by atoms with Crippen LogP contribution in [-0.2, 0) is 0 Å². The summed E-state index contributed by atoms with van der Waals surface area (Å²) in [5.74, 6) is 0. The molecule has 0 spiro atoms. The van der Waals surface area contributed by atoms with E-state index in [9.17, 15) is 0 Å². The molecule has 0 nitrogen and oxygen atoms in total. The monoisotopic (exact) mass is 86.1 g/mol. The lowest BCUT2D eigenvalue weighted by Gasteiger charge is -1.69. The molecule has 0 N–H and O–H groups in total. The van der Waals surface area contributed by atoms with Crippen molar-refractivity contribution < 1.29 is 5.71 Å². The topological polar surface area (TPSA) is 0 Å². The highest BCUT2D eigenvalue weighted by molar-refractivity contribution is 4.99. The second-order valence-corrected chi connectivity index (χ2v) is 1.15. The Morgan fingerprint density at radius 3 is 0.833 bits per heavy atom. The highest BCUT2D eigenvalue weighted by atomic mass is 13.6. The summed E-state index contributed by atoms with van der Waals surface area (Å²) >= 11 is 0. The zero-order valence-corrected chi connectivity index (χ0v) is 3.46. The average Bonchev–Trinajstić information content (AvgIpc) is 1.72. The first-order chi connectivity index (χ1) is 3.00. The summed E-state index contributed by atoms with van der Waals surface area (Å²) in [6.07, 6.45) is 0. The van der Waals surface area contributed by atoms with Gasteiger partial charge < -0.3 is 0 Å². The standard InChI is InChI=1S/C6H6.4H2/c1-2-4-6-5-3-1;;;;/h1-6H;4*1H. The molecule has 0 heterocycles. The largest absolute Gasteiger partial charge is 0.0623 e. The lowest BCUT2D eigenvalue weighted by Crippen LogP contribution is -1.47. The van der Waals surface area contributed by atoms with E-state index in [0.29, 0.717) is 0 Å². The highest BCUT2D eigenvalue weighted by Crippen LogP contribution is 1.79. The van der Waals surface area contributed by atoms with Crippen LogP contribution in [0.1, 0.15) is 5.71 Å². The van der Waals surface area contributed by atoms with Crippen molar-refractivity contribution in [2.24, 2.45) is 0 Å². The van der Waals surface area contributed by atoms with E-state index in [-0.39, 0.29) is 5.71 Å². The summed E-state index contributed by atoms with van der Waals surface area (Å²) in [5, 5.41) is 0. The lowest BCUT2D eigenvalue weighted by molar-refractivity contribution is 1.72. The Hall–Kier alpha value is -0.780. The van der Waals surface area contributed by atoms with E-state index in [1.807, 2.05) is 36.4 Å². The summed E-state index contributed by atoms with van der Waals surface area (Å²) in [4.78, 5) is 0. The van der Waals surface area contributed by atoms with E-state index < -0.39 is 0 Å². The Morgan fingerprint density at radius 2 is 0.667 bits per heavy atom.